The first-order valence-corrected chi connectivity index (χ1v) is 9.70. The summed E-state index contributed by atoms with van der Waals surface area (Å²) < 4.78 is 21.0. The number of aryl methyl sites for hydroxylation is 1. The minimum absolute atomic E-state index is 0.149. The molecule has 0 radical (unpaired) electrons. The average Bonchev–Trinajstić information content (AvgIpc) is 3.14. The van der Waals surface area contributed by atoms with Gasteiger partial charge in [-0.05, 0) is 43.4 Å². The summed E-state index contributed by atoms with van der Waals surface area (Å²) in [5.41, 5.74) is 0.284. The van der Waals surface area contributed by atoms with Gasteiger partial charge < -0.3 is 14.2 Å². The molecule has 0 spiro atoms. The first-order chi connectivity index (χ1) is 13.1. The Balaban J connectivity index is 1.61. The summed E-state index contributed by atoms with van der Waals surface area (Å²) in [7, 11) is 2.00. The number of carbonyl (C=O) groups excluding carboxylic acids is 1. The van der Waals surface area contributed by atoms with E-state index in [1.54, 1.807) is 12.1 Å². The van der Waals surface area contributed by atoms with Crippen LogP contribution in [0.3, 0.4) is 0 Å². The zero-order valence-electron chi connectivity index (χ0n) is 15.7. The standard InChI is InChI=1S/C21H26FN3O2/c1-24-12-10-23-19(24)16-3-2-11-25(15-16)20(26)21(8-13-27-14-9-21)17-4-6-18(22)7-5-17/h4-7,10,12,16H,2-3,8-9,11,13-15H2,1H3/t16-/m0/s1. The van der Waals surface area contributed by atoms with Crippen molar-refractivity contribution in [2.45, 2.75) is 37.0 Å². The highest BCUT2D eigenvalue weighted by Crippen LogP contribution is 2.38. The van der Waals surface area contributed by atoms with E-state index >= 15 is 0 Å². The fourth-order valence-corrected chi connectivity index (χ4v) is 4.56. The predicted molar refractivity (Wildman–Crippen MR) is 99.9 cm³/mol. The highest BCUT2D eigenvalue weighted by atomic mass is 19.1. The summed E-state index contributed by atoms with van der Waals surface area (Å²) in [4.78, 5) is 20.2. The number of aromatic nitrogens is 2. The molecule has 3 heterocycles. The predicted octanol–water partition coefficient (Wildman–Crippen LogP) is 3.01. The Kier molecular flexibility index (Phi) is 5.00. The first-order valence-electron chi connectivity index (χ1n) is 9.70. The topological polar surface area (TPSA) is 47.4 Å². The van der Waals surface area contributed by atoms with Crippen LogP contribution in [0, 0.1) is 5.82 Å². The van der Waals surface area contributed by atoms with Crippen molar-refractivity contribution in [2.24, 2.45) is 7.05 Å². The Morgan fingerprint density at radius 3 is 2.67 bits per heavy atom. The second-order valence-corrected chi connectivity index (χ2v) is 7.69. The van der Waals surface area contributed by atoms with Gasteiger partial charge in [-0.1, -0.05) is 12.1 Å². The number of nitrogens with zero attached hydrogens (tertiary/aromatic N) is 3. The molecule has 27 heavy (non-hydrogen) atoms. The molecule has 1 aromatic carbocycles. The molecule has 144 valence electrons. The Labute approximate surface area is 159 Å². The lowest BCUT2D eigenvalue weighted by atomic mass is 9.72. The van der Waals surface area contributed by atoms with Crippen LogP contribution in [0.4, 0.5) is 4.39 Å². The lowest BCUT2D eigenvalue weighted by Crippen LogP contribution is -2.52. The molecule has 2 aliphatic heterocycles. The monoisotopic (exact) mass is 371 g/mol. The molecule has 5 nitrogen and oxygen atoms in total. The Morgan fingerprint density at radius 1 is 1.26 bits per heavy atom. The third-order valence-electron chi connectivity index (χ3n) is 6.08. The fraction of sp³-hybridized carbons (Fsp3) is 0.524. The zero-order chi connectivity index (χ0) is 18.9. The Hall–Kier alpha value is -2.21. The Bertz CT molecular complexity index is 796. The van der Waals surface area contributed by atoms with Crippen molar-refractivity contribution in [3.63, 3.8) is 0 Å². The van der Waals surface area contributed by atoms with E-state index in [0.717, 1.165) is 30.8 Å². The van der Waals surface area contributed by atoms with E-state index < -0.39 is 5.41 Å². The van der Waals surface area contributed by atoms with Crippen LogP contribution in [0.5, 0.6) is 0 Å². The van der Waals surface area contributed by atoms with E-state index in [0.29, 0.717) is 32.6 Å². The van der Waals surface area contributed by atoms with Gasteiger partial charge >= 0.3 is 0 Å². The molecule has 2 aliphatic rings. The number of piperidine rings is 1. The van der Waals surface area contributed by atoms with Crippen molar-refractivity contribution < 1.29 is 13.9 Å². The number of imidazole rings is 1. The van der Waals surface area contributed by atoms with Gasteiger partial charge in [-0.2, -0.15) is 0 Å². The molecule has 0 unspecified atom stereocenters. The van der Waals surface area contributed by atoms with Crippen molar-refractivity contribution >= 4 is 5.91 Å². The summed E-state index contributed by atoms with van der Waals surface area (Å²) in [6.07, 6.45) is 7.06. The van der Waals surface area contributed by atoms with Crippen LogP contribution in [0.15, 0.2) is 36.7 Å². The van der Waals surface area contributed by atoms with Gasteiger partial charge in [-0.25, -0.2) is 9.37 Å². The van der Waals surface area contributed by atoms with Gasteiger partial charge in [0.15, 0.2) is 0 Å². The van der Waals surface area contributed by atoms with E-state index in [-0.39, 0.29) is 17.6 Å². The molecule has 6 heteroatoms. The molecule has 0 saturated carbocycles. The summed E-state index contributed by atoms with van der Waals surface area (Å²) in [6, 6.07) is 6.43. The van der Waals surface area contributed by atoms with Crippen LogP contribution in [0.25, 0.3) is 0 Å². The summed E-state index contributed by atoms with van der Waals surface area (Å²) in [5, 5.41) is 0. The van der Waals surface area contributed by atoms with Crippen molar-refractivity contribution in [3.05, 3.63) is 53.9 Å². The van der Waals surface area contributed by atoms with E-state index in [1.807, 2.05) is 28.9 Å². The number of hydrogen-bond donors (Lipinski definition) is 0. The summed E-state index contributed by atoms with van der Waals surface area (Å²) >= 11 is 0. The van der Waals surface area contributed by atoms with E-state index in [2.05, 4.69) is 4.98 Å². The van der Waals surface area contributed by atoms with Crippen molar-refractivity contribution in [1.82, 2.24) is 14.5 Å². The zero-order valence-corrected chi connectivity index (χ0v) is 15.7. The maximum Gasteiger partial charge on any atom is 0.233 e. The maximum absolute atomic E-state index is 13.7. The largest absolute Gasteiger partial charge is 0.381 e. The van der Waals surface area contributed by atoms with Crippen molar-refractivity contribution in [1.29, 1.82) is 0 Å². The Morgan fingerprint density at radius 2 is 2.00 bits per heavy atom. The van der Waals surface area contributed by atoms with Gasteiger partial charge in [-0.15, -0.1) is 0 Å². The molecule has 2 saturated heterocycles. The second-order valence-electron chi connectivity index (χ2n) is 7.69. The number of benzene rings is 1. The third kappa shape index (κ3) is 3.38. The molecule has 1 aromatic heterocycles. The average molecular weight is 371 g/mol. The number of hydrogen-bond acceptors (Lipinski definition) is 3. The van der Waals surface area contributed by atoms with Crippen LogP contribution in [-0.2, 0) is 22.0 Å². The minimum Gasteiger partial charge on any atom is -0.381 e. The molecule has 1 amide bonds. The van der Waals surface area contributed by atoms with E-state index in [9.17, 15) is 9.18 Å². The minimum atomic E-state index is -0.616. The van der Waals surface area contributed by atoms with Gasteiger partial charge in [0.05, 0.1) is 5.41 Å². The molecule has 2 aromatic rings. The molecule has 0 aliphatic carbocycles. The van der Waals surface area contributed by atoms with Crippen LogP contribution in [-0.4, -0.2) is 46.7 Å². The van der Waals surface area contributed by atoms with Crippen molar-refractivity contribution in [2.75, 3.05) is 26.3 Å². The normalized spacial score (nSPS) is 22.6. The number of likely N-dealkylation sites (tertiary alicyclic amines) is 1. The number of carbonyl (C=O) groups is 1. The maximum atomic E-state index is 13.7. The number of rotatable bonds is 3. The number of ether oxygens (including phenoxy) is 1. The molecule has 0 bridgehead atoms. The van der Waals surface area contributed by atoms with Gasteiger partial charge in [0.2, 0.25) is 5.91 Å². The van der Waals surface area contributed by atoms with Gasteiger partial charge in [0.25, 0.3) is 0 Å². The summed E-state index contributed by atoms with van der Waals surface area (Å²) in [5.74, 6) is 1.17. The number of amides is 1. The lowest BCUT2D eigenvalue weighted by molar-refractivity contribution is -0.142. The molecular formula is C21H26FN3O2. The quantitative estimate of drug-likeness (QED) is 0.833. The molecule has 2 fully saturated rings. The van der Waals surface area contributed by atoms with Crippen LogP contribution in [0.2, 0.25) is 0 Å². The SMILES string of the molecule is Cn1ccnc1[C@H]1CCCN(C(=O)C2(c3ccc(F)cc3)CCOCC2)C1. The highest BCUT2D eigenvalue weighted by molar-refractivity contribution is 5.88. The highest BCUT2D eigenvalue weighted by Gasteiger charge is 2.45. The summed E-state index contributed by atoms with van der Waals surface area (Å²) in [6.45, 7) is 2.57. The molecular weight excluding hydrogens is 345 g/mol. The van der Waals surface area contributed by atoms with E-state index in [1.165, 1.54) is 12.1 Å². The molecule has 1 atom stereocenters. The van der Waals surface area contributed by atoms with Gasteiger partial charge in [0, 0.05) is 51.7 Å². The smallest absolute Gasteiger partial charge is 0.233 e. The van der Waals surface area contributed by atoms with Gasteiger partial charge in [0.1, 0.15) is 11.6 Å². The van der Waals surface area contributed by atoms with E-state index in [4.69, 9.17) is 4.74 Å². The van der Waals surface area contributed by atoms with Crippen LogP contribution in [0.1, 0.15) is 43.0 Å². The molecule has 4 rings (SSSR count). The van der Waals surface area contributed by atoms with Crippen LogP contribution < -0.4 is 0 Å². The van der Waals surface area contributed by atoms with Crippen LogP contribution >= 0.6 is 0 Å². The lowest BCUT2D eigenvalue weighted by Gasteiger charge is -2.42. The first kappa shape index (κ1) is 18.2. The molecule has 0 N–H and O–H groups in total. The fourth-order valence-electron chi connectivity index (χ4n) is 4.56. The van der Waals surface area contributed by atoms with Gasteiger partial charge in [-0.3, -0.25) is 4.79 Å². The third-order valence-corrected chi connectivity index (χ3v) is 6.08. The van der Waals surface area contributed by atoms with Crippen molar-refractivity contribution in [3.8, 4) is 0 Å². The number of halogens is 1. The second kappa shape index (κ2) is 7.43.